The highest BCUT2D eigenvalue weighted by Gasteiger charge is 2.11. The van der Waals surface area contributed by atoms with Gasteiger partial charge in [0.05, 0.1) is 10.2 Å². The summed E-state index contributed by atoms with van der Waals surface area (Å²) >= 11 is 1.80. The summed E-state index contributed by atoms with van der Waals surface area (Å²) in [6, 6.07) is 4.34. The first-order valence-corrected chi connectivity index (χ1v) is 8.01. The fraction of sp³-hybridized carbons (Fsp3) is 0.278. The van der Waals surface area contributed by atoms with Gasteiger partial charge in [0.15, 0.2) is 0 Å². The molecule has 0 saturated heterocycles. The average Bonchev–Trinajstić information content (AvgIpc) is 2.75. The minimum atomic E-state index is 0.948. The molecule has 1 heterocycles. The summed E-state index contributed by atoms with van der Waals surface area (Å²) in [6.07, 6.45) is 9.80. The lowest BCUT2D eigenvalue weighted by Crippen LogP contribution is -2.08. The van der Waals surface area contributed by atoms with E-state index in [1.807, 2.05) is 0 Å². The number of aromatic nitrogens is 1. The van der Waals surface area contributed by atoms with Crippen molar-refractivity contribution >= 4 is 27.1 Å². The minimum Gasteiger partial charge on any atom is -0.378 e. The second kappa shape index (κ2) is 5.49. The predicted molar refractivity (Wildman–Crippen MR) is 92.6 cm³/mol. The molecule has 0 aliphatic heterocycles. The molecule has 0 atom stereocenters. The van der Waals surface area contributed by atoms with Crippen molar-refractivity contribution < 1.29 is 0 Å². The number of aryl methyl sites for hydroxylation is 2. The Kier molecular flexibility index (Phi) is 3.68. The van der Waals surface area contributed by atoms with Crippen LogP contribution in [-0.2, 0) is 0 Å². The molecule has 1 aromatic carbocycles. The standard InChI is InChI=1S/C18H20N2S/c1-12-8-9-13(2)17-16(12)19-18(21-17)14-6-5-7-15(11-10-14)20(3)4/h6-11H,5H2,1-4H3. The van der Waals surface area contributed by atoms with Crippen LogP contribution < -0.4 is 0 Å². The predicted octanol–water partition coefficient (Wildman–Crippen LogP) is 4.70. The highest BCUT2D eigenvalue weighted by atomic mass is 32.1. The van der Waals surface area contributed by atoms with Crippen molar-refractivity contribution in [3.05, 3.63) is 58.3 Å². The molecule has 0 N–H and O–H groups in total. The minimum absolute atomic E-state index is 0.948. The number of fused-ring (bicyclic) bond motifs is 1. The van der Waals surface area contributed by atoms with E-state index in [0.717, 1.165) is 16.9 Å². The van der Waals surface area contributed by atoms with Gasteiger partial charge < -0.3 is 4.90 Å². The number of hydrogen-bond acceptors (Lipinski definition) is 3. The number of hydrogen-bond donors (Lipinski definition) is 0. The Morgan fingerprint density at radius 1 is 1.05 bits per heavy atom. The molecule has 0 unspecified atom stereocenters. The molecule has 0 saturated carbocycles. The Labute approximate surface area is 130 Å². The Morgan fingerprint density at radius 3 is 2.52 bits per heavy atom. The lowest BCUT2D eigenvalue weighted by molar-refractivity contribution is 0.528. The Hall–Kier alpha value is -1.87. The highest BCUT2D eigenvalue weighted by molar-refractivity contribution is 7.19. The maximum Gasteiger partial charge on any atom is 0.124 e. The zero-order valence-electron chi connectivity index (χ0n) is 13.0. The van der Waals surface area contributed by atoms with Gasteiger partial charge in [0.1, 0.15) is 5.01 Å². The molecular formula is C18H20N2S. The number of allylic oxidation sites excluding steroid dienone is 5. The topological polar surface area (TPSA) is 16.1 Å². The molecule has 0 fully saturated rings. The fourth-order valence-electron chi connectivity index (χ4n) is 2.49. The van der Waals surface area contributed by atoms with Gasteiger partial charge in [-0.2, -0.15) is 0 Å². The van der Waals surface area contributed by atoms with E-state index < -0.39 is 0 Å². The quantitative estimate of drug-likeness (QED) is 0.798. The fourth-order valence-corrected chi connectivity index (χ4v) is 3.62. The molecule has 1 aromatic heterocycles. The maximum absolute atomic E-state index is 4.87. The molecule has 0 bridgehead atoms. The summed E-state index contributed by atoms with van der Waals surface area (Å²) in [5, 5.41) is 1.12. The lowest BCUT2D eigenvalue weighted by Gasteiger charge is -2.12. The van der Waals surface area contributed by atoms with Gasteiger partial charge >= 0.3 is 0 Å². The third kappa shape index (κ3) is 2.66. The zero-order valence-corrected chi connectivity index (χ0v) is 13.8. The van der Waals surface area contributed by atoms with Crippen LogP contribution >= 0.6 is 11.3 Å². The number of likely N-dealkylation sites (N-methyl/N-ethyl adjacent to an activating group) is 1. The molecule has 3 heteroatoms. The number of benzene rings is 1. The van der Waals surface area contributed by atoms with E-state index in [1.54, 1.807) is 11.3 Å². The van der Waals surface area contributed by atoms with Gasteiger partial charge in [-0.25, -0.2) is 4.98 Å². The van der Waals surface area contributed by atoms with Crippen molar-refractivity contribution in [2.24, 2.45) is 0 Å². The Morgan fingerprint density at radius 2 is 1.81 bits per heavy atom. The van der Waals surface area contributed by atoms with E-state index in [2.05, 4.69) is 69.3 Å². The van der Waals surface area contributed by atoms with Gasteiger partial charge in [-0.15, -0.1) is 11.3 Å². The maximum atomic E-state index is 4.87. The van der Waals surface area contributed by atoms with Crippen LogP contribution in [0.5, 0.6) is 0 Å². The van der Waals surface area contributed by atoms with Crippen LogP contribution in [0.15, 0.2) is 42.1 Å². The van der Waals surface area contributed by atoms with Crippen LogP contribution in [-0.4, -0.2) is 24.0 Å². The smallest absolute Gasteiger partial charge is 0.124 e. The van der Waals surface area contributed by atoms with E-state index in [1.165, 1.54) is 27.1 Å². The second-order valence-corrected chi connectivity index (χ2v) is 6.65. The Balaban J connectivity index is 2.02. The summed E-state index contributed by atoms with van der Waals surface area (Å²) in [5.41, 5.74) is 6.18. The summed E-state index contributed by atoms with van der Waals surface area (Å²) < 4.78 is 1.31. The summed E-state index contributed by atoms with van der Waals surface area (Å²) in [6.45, 7) is 4.29. The monoisotopic (exact) mass is 296 g/mol. The van der Waals surface area contributed by atoms with Crippen molar-refractivity contribution in [2.75, 3.05) is 14.1 Å². The lowest BCUT2D eigenvalue weighted by atomic mass is 10.1. The summed E-state index contributed by atoms with van der Waals surface area (Å²) in [7, 11) is 4.15. The van der Waals surface area contributed by atoms with Gasteiger partial charge in [0.2, 0.25) is 0 Å². The third-order valence-corrected chi connectivity index (χ3v) is 5.04. The second-order valence-electron chi connectivity index (χ2n) is 5.65. The molecule has 2 aromatic rings. The van der Waals surface area contributed by atoms with E-state index in [4.69, 9.17) is 4.98 Å². The van der Waals surface area contributed by atoms with Gasteiger partial charge in [-0.3, -0.25) is 0 Å². The normalized spacial score (nSPS) is 14.9. The van der Waals surface area contributed by atoms with E-state index >= 15 is 0 Å². The van der Waals surface area contributed by atoms with Crippen LogP contribution in [0.3, 0.4) is 0 Å². The summed E-state index contributed by atoms with van der Waals surface area (Å²) in [5.74, 6) is 0. The molecule has 1 aliphatic carbocycles. The molecule has 1 aliphatic rings. The van der Waals surface area contributed by atoms with Crippen LogP contribution in [0.1, 0.15) is 22.6 Å². The van der Waals surface area contributed by atoms with Gasteiger partial charge in [-0.05, 0) is 37.5 Å². The molecule has 0 spiro atoms. The van der Waals surface area contributed by atoms with Crippen molar-refractivity contribution in [1.29, 1.82) is 0 Å². The SMILES string of the molecule is Cc1ccc(C)c2sc(C3=CCC=C(N(C)C)C=C3)nc12. The van der Waals surface area contributed by atoms with E-state index in [-0.39, 0.29) is 0 Å². The number of rotatable bonds is 2. The van der Waals surface area contributed by atoms with Gasteiger partial charge in [0.25, 0.3) is 0 Å². The van der Waals surface area contributed by atoms with E-state index in [0.29, 0.717) is 0 Å². The first kappa shape index (κ1) is 14.1. The van der Waals surface area contributed by atoms with E-state index in [9.17, 15) is 0 Å². The first-order valence-electron chi connectivity index (χ1n) is 7.19. The molecule has 108 valence electrons. The third-order valence-electron chi connectivity index (χ3n) is 3.80. The number of thiazole rings is 1. The van der Waals surface area contributed by atoms with Crippen LogP contribution in [0.25, 0.3) is 15.8 Å². The van der Waals surface area contributed by atoms with Gasteiger partial charge in [0, 0.05) is 25.4 Å². The van der Waals surface area contributed by atoms with Crippen LogP contribution in [0.4, 0.5) is 0 Å². The van der Waals surface area contributed by atoms with Crippen molar-refractivity contribution in [3.8, 4) is 0 Å². The molecule has 2 nitrogen and oxygen atoms in total. The van der Waals surface area contributed by atoms with Gasteiger partial charge in [-0.1, -0.05) is 30.4 Å². The molecule has 0 amide bonds. The van der Waals surface area contributed by atoms with Crippen molar-refractivity contribution in [1.82, 2.24) is 9.88 Å². The Bertz CT molecular complexity index is 737. The number of nitrogens with zero attached hydrogens (tertiary/aromatic N) is 2. The summed E-state index contributed by atoms with van der Waals surface area (Å²) in [4.78, 5) is 7.01. The average molecular weight is 296 g/mol. The van der Waals surface area contributed by atoms with Crippen LogP contribution in [0, 0.1) is 13.8 Å². The van der Waals surface area contributed by atoms with Crippen molar-refractivity contribution in [3.63, 3.8) is 0 Å². The molecular weight excluding hydrogens is 276 g/mol. The zero-order chi connectivity index (χ0) is 15.0. The molecule has 0 radical (unpaired) electrons. The largest absolute Gasteiger partial charge is 0.378 e. The van der Waals surface area contributed by atoms with Crippen LogP contribution in [0.2, 0.25) is 0 Å². The molecule has 21 heavy (non-hydrogen) atoms. The first-order chi connectivity index (χ1) is 10.1. The highest BCUT2D eigenvalue weighted by Crippen LogP contribution is 2.33. The molecule has 3 rings (SSSR count). The van der Waals surface area contributed by atoms with Crippen molar-refractivity contribution in [2.45, 2.75) is 20.3 Å².